The van der Waals surface area contributed by atoms with Crippen molar-refractivity contribution >= 4 is 11.6 Å². The lowest BCUT2D eigenvalue weighted by molar-refractivity contribution is 0.0722. The van der Waals surface area contributed by atoms with Crippen LogP contribution in [0.3, 0.4) is 0 Å². The fourth-order valence-corrected chi connectivity index (χ4v) is 1.82. The van der Waals surface area contributed by atoms with E-state index in [1.807, 2.05) is 38.1 Å². The van der Waals surface area contributed by atoms with Gasteiger partial charge >= 0.3 is 0 Å². The first-order valence-corrected chi connectivity index (χ1v) is 6.47. The van der Waals surface area contributed by atoms with Gasteiger partial charge in [0.25, 0.3) is 5.91 Å². The Kier molecular flexibility index (Phi) is 6.22. The fourth-order valence-electron chi connectivity index (χ4n) is 1.82. The minimum absolute atomic E-state index is 0.00120. The molecule has 1 aromatic rings. The van der Waals surface area contributed by atoms with Crippen LogP contribution in [-0.2, 0) is 0 Å². The lowest BCUT2D eigenvalue weighted by Gasteiger charge is -2.21. The molecule has 0 radical (unpaired) electrons. The van der Waals surface area contributed by atoms with Gasteiger partial charge in [0.1, 0.15) is 0 Å². The molecule has 0 fully saturated rings. The van der Waals surface area contributed by atoms with E-state index in [1.54, 1.807) is 4.90 Å². The molecule has 2 N–H and O–H groups in total. The van der Waals surface area contributed by atoms with Crippen LogP contribution in [0.4, 0.5) is 5.69 Å². The summed E-state index contributed by atoms with van der Waals surface area (Å²) in [5, 5.41) is 12.2. The molecule has 0 saturated carbocycles. The summed E-state index contributed by atoms with van der Waals surface area (Å²) in [6.07, 6.45) is 0.890. The molecule has 0 heterocycles. The van der Waals surface area contributed by atoms with E-state index in [1.165, 1.54) is 0 Å². The Hall–Kier alpha value is -1.55. The third-order valence-electron chi connectivity index (χ3n) is 2.66. The molecule has 0 aliphatic carbocycles. The van der Waals surface area contributed by atoms with Crippen molar-refractivity contribution in [3.63, 3.8) is 0 Å². The molecule has 100 valence electrons. The Balaban J connectivity index is 2.74. The van der Waals surface area contributed by atoms with E-state index in [0.29, 0.717) is 18.7 Å². The summed E-state index contributed by atoms with van der Waals surface area (Å²) < 4.78 is 0. The molecule has 4 heteroatoms. The molecule has 1 aromatic carbocycles. The van der Waals surface area contributed by atoms with Gasteiger partial charge in [-0.15, -0.1) is 0 Å². The molecule has 4 nitrogen and oxygen atoms in total. The van der Waals surface area contributed by atoms with Gasteiger partial charge in [-0.25, -0.2) is 0 Å². The smallest absolute Gasteiger partial charge is 0.253 e. The zero-order chi connectivity index (χ0) is 13.4. The van der Waals surface area contributed by atoms with E-state index >= 15 is 0 Å². The number of aliphatic hydroxyl groups excluding tert-OH is 1. The molecule has 0 spiro atoms. The number of anilines is 1. The van der Waals surface area contributed by atoms with Crippen LogP contribution in [0.2, 0.25) is 0 Å². The standard InChI is InChI=1S/C14H22N2O2/c1-3-9-16(10-11-17)14(18)12-5-7-13(8-6-12)15-4-2/h5-8,15,17H,3-4,9-11H2,1-2H3. The lowest BCUT2D eigenvalue weighted by Crippen LogP contribution is -2.34. The number of rotatable bonds is 7. The summed E-state index contributed by atoms with van der Waals surface area (Å²) in [4.78, 5) is 13.9. The molecule has 1 rings (SSSR count). The zero-order valence-electron chi connectivity index (χ0n) is 11.1. The number of aliphatic hydroxyl groups is 1. The molecule has 18 heavy (non-hydrogen) atoms. The topological polar surface area (TPSA) is 52.6 Å². The van der Waals surface area contributed by atoms with Gasteiger partial charge < -0.3 is 15.3 Å². The lowest BCUT2D eigenvalue weighted by atomic mass is 10.1. The predicted octanol–water partition coefficient (Wildman–Crippen LogP) is 1.96. The maximum atomic E-state index is 12.2. The molecular formula is C14H22N2O2. The largest absolute Gasteiger partial charge is 0.395 e. The second kappa shape index (κ2) is 7.71. The minimum Gasteiger partial charge on any atom is -0.395 e. The van der Waals surface area contributed by atoms with Gasteiger partial charge in [-0.1, -0.05) is 6.92 Å². The summed E-state index contributed by atoms with van der Waals surface area (Å²) in [5.74, 6) is -0.0195. The molecule has 0 aromatic heterocycles. The fraction of sp³-hybridized carbons (Fsp3) is 0.500. The highest BCUT2D eigenvalue weighted by Gasteiger charge is 2.13. The average Bonchev–Trinajstić information content (AvgIpc) is 2.39. The monoisotopic (exact) mass is 250 g/mol. The second-order valence-electron chi connectivity index (χ2n) is 4.12. The zero-order valence-corrected chi connectivity index (χ0v) is 11.1. The Morgan fingerprint density at radius 2 is 1.89 bits per heavy atom. The molecule has 0 aliphatic rings. The van der Waals surface area contributed by atoms with Gasteiger partial charge in [0.2, 0.25) is 0 Å². The molecule has 0 unspecified atom stereocenters. The average molecular weight is 250 g/mol. The number of nitrogens with zero attached hydrogens (tertiary/aromatic N) is 1. The van der Waals surface area contributed by atoms with Crippen LogP contribution in [0.25, 0.3) is 0 Å². The van der Waals surface area contributed by atoms with E-state index in [4.69, 9.17) is 5.11 Å². The summed E-state index contributed by atoms with van der Waals surface area (Å²) in [6.45, 7) is 5.98. The van der Waals surface area contributed by atoms with Gasteiger partial charge in [-0.05, 0) is 37.6 Å². The highest BCUT2D eigenvalue weighted by Crippen LogP contribution is 2.11. The third kappa shape index (κ3) is 4.04. The van der Waals surface area contributed by atoms with Gasteiger partial charge in [-0.2, -0.15) is 0 Å². The predicted molar refractivity (Wildman–Crippen MR) is 73.9 cm³/mol. The van der Waals surface area contributed by atoms with Crippen molar-refractivity contribution in [2.75, 3.05) is 31.6 Å². The Morgan fingerprint density at radius 3 is 2.39 bits per heavy atom. The normalized spacial score (nSPS) is 10.2. The molecule has 0 atom stereocenters. The van der Waals surface area contributed by atoms with Crippen LogP contribution in [0.15, 0.2) is 24.3 Å². The molecule has 1 amide bonds. The van der Waals surface area contributed by atoms with E-state index in [0.717, 1.165) is 18.7 Å². The van der Waals surface area contributed by atoms with E-state index in [2.05, 4.69) is 5.32 Å². The minimum atomic E-state index is -0.0195. The summed E-state index contributed by atoms with van der Waals surface area (Å²) >= 11 is 0. The maximum Gasteiger partial charge on any atom is 0.253 e. The van der Waals surface area contributed by atoms with Crippen LogP contribution in [-0.4, -0.2) is 42.2 Å². The Bertz CT molecular complexity index is 357. The Labute approximate surface area is 109 Å². The third-order valence-corrected chi connectivity index (χ3v) is 2.66. The maximum absolute atomic E-state index is 12.2. The highest BCUT2D eigenvalue weighted by atomic mass is 16.3. The summed E-state index contributed by atoms with van der Waals surface area (Å²) in [6, 6.07) is 7.44. The first-order valence-electron chi connectivity index (χ1n) is 6.47. The molecule has 0 aliphatic heterocycles. The van der Waals surface area contributed by atoms with Gasteiger partial charge in [0, 0.05) is 30.9 Å². The number of benzene rings is 1. The van der Waals surface area contributed by atoms with E-state index < -0.39 is 0 Å². The summed E-state index contributed by atoms with van der Waals surface area (Å²) in [5.41, 5.74) is 1.68. The number of carbonyl (C=O) groups excluding carboxylic acids is 1. The molecular weight excluding hydrogens is 228 g/mol. The number of amides is 1. The van der Waals surface area contributed by atoms with Gasteiger partial charge in [0.05, 0.1) is 6.61 Å². The molecule has 0 bridgehead atoms. The van der Waals surface area contributed by atoms with E-state index in [-0.39, 0.29) is 12.5 Å². The van der Waals surface area contributed by atoms with Crippen molar-refractivity contribution in [1.82, 2.24) is 4.90 Å². The summed E-state index contributed by atoms with van der Waals surface area (Å²) in [7, 11) is 0. The number of hydrogen-bond acceptors (Lipinski definition) is 3. The molecule has 0 saturated heterocycles. The van der Waals surface area contributed by atoms with Crippen molar-refractivity contribution in [2.24, 2.45) is 0 Å². The van der Waals surface area contributed by atoms with E-state index in [9.17, 15) is 4.79 Å². The van der Waals surface area contributed by atoms with Crippen LogP contribution in [0.1, 0.15) is 30.6 Å². The van der Waals surface area contributed by atoms with Crippen LogP contribution >= 0.6 is 0 Å². The van der Waals surface area contributed by atoms with Crippen molar-refractivity contribution in [2.45, 2.75) is 20.3 Å². The number of nitrogens with one attached hydrogen (secondary N) is 1. The van der Waals surface area contributed by atoms with Crippen molar-refractivity contribution in [3.8, 4) is 0 Å². The van der Waals surface area contributed by atoms with Crippen LogP contribution < -0.4 is 5.32 Å². The van der Waals surface area contributed by atoms with Crippen molar-refractivity contribution in [3.05, 3.63) is 29.8 Å². The SMILES string of the molecule is CCCN(CCO)C(=O)c1ccc(NCC)cc1. The van der Waals surface area contributed by atoms with Gasteiger partial charge in [-0.3, -0.25) is 4.79 Å². The number of hydrogen-bond donors (Lipinski definition) is 2. The first kappa shape index (κ1) is 14.5. The van der Waals surface area contributed by atoms with Crippen molar-refractivity contribution < 1.29 is 9.90 Å². The first-order chi connectivity index (χ1) is 8.72. The highest BCUT2D eigenvalue weighted by molar-refractivity contribution is 5.94. The second-order valence-corrected chi connectivity index (χ2v) is 4.12. The quantitative estimate of drug-likeness (QED) is 0.778. The number of carbonyl (C=O) groups is 1. The van der Waals surface area contributed by atoms with Crippen molar-refractivity contribution in [1.29, 1.82) is 0 Å². The van der Waals surface area contributed by atoms with Crippen LogP contribution in [0.5, 0.6) is 0 Å². The van der Waals surface area contributed by atoms with Crippen LogP contribution in [0, 0.1) is 0 Å². The Morgan fingerprint density at radius 1 is 1.22 bits per heavy atom. The van der Waals surface area contributed by atoms with Gasteiger partial charge in [0.15, 0.2) is 0 Å².